The van der Waals surface area contributed by atoms with E-state index in [2.05, 4.69) is 22.4 Å². The third-order valence-corrected chi connectivity index (χ3v) is 2.75. The zero-order chi connectivity index (χ0) is 15.2. The highest BCUT2D eigenvalue weighted by Gasteiger charge is 2.08. The van der Waals surface area contributed by atoms with E-state index in [4.69, 9.17) is 4.74 Å². The minimum Gasteiger partial charge on any atom is -0.504 e. The lowest BCUT2D eigenvalue weighted by Crippen LogP contribution is -2.36. The maximum absolute atomic E-state index is 11.8. The molecule has 0 saturated carbocycles. The Kier molecular flexibility index (Phi) is 4.40. The largest absolute Gasteiger partial charge is 0.504 e. The highest BCUT2D eigenvalue weighted by molar-refractivity contribution is 5.92. The quantitative estimate of drug-likeness (QED) is 0.728. The standard InChI is InChI=1S/C15H15N3O3/c1-10(11-6-7-13(19)14(9-11)21-2)17-18-15(20)12-5-3-4-8-16-12/h3-9,17,19H,1H2,2H3,(H,18,20). The second kappa shape index (κ2) is 6.42. The molecule has 0 atom stereocenters. The Morgan fingerprint density at radius 1 is 1.29 bits per heavy atom. The Balaban J connectivity index is 2.00. The third kappa shape index (κ3) is 3.50. The number of hydrazine groups is 1. The number of methoxy groups -OCH3 is 1. The van der Waals surface area contributed by atoms with Gasteiger partial charge in [-0.15, -0.1) is 0 Å². The molecule has 0 aliphatic rings. The van der Waals surface area contributed by atoms with Crippen molar-refractivity contribution in [3.63, 3.8) is 0 Å². The van der Waals surface area contributed by atoms with Crippen LogP contribution in [0.25, 0.3) is 5.70 Å². The molecule has 0 aliphatic carbocycles. The van der Waals surface area contributed by atoms with Crippen LogP contribution in [0.3, 0.4) is 0 Å². The number of carbonyl (C=O) groups is 1. The number of aromatic nitrogens is 1. The van der Waals surface area contributed by atoms with Crippen molar-refractivity contribution in [3.8, 4) is 11.5 Å². The van der Waals surface area contributed by atoms with E-state index >= 15 is 0 Å². The van der Waals surface area contributed by atoms with Crippen molar-refractivity contribution in [1.82, 2.24) is 15.8 Å². The molecule has 0 spiro atoms. The second-order valence-electron chi connectivity index (χ2n) is 4.16. The normalized spacial score (nSPS) is 9.76. The van der Waals surface area contributed by atoms with E-state index in [9.17, 15) is 9.90 Å². The number of nitrogens with zero attached hydrogens (tertiary/aromatic N) is 1. The van der Waals surface area contributed by atoms with Gasteiger partial charge in [-0.3, -0.25) is 20.6 Å². The first-order valence-electron chi connectivity index (χ1n) is 6.15. The van der Waals surface area contributed by atoms with E-state index in [-0.39, 0.29) is 11.7 Å². The molecule has 0 unspecified atom stereocenters. The Bertz CT molecular complexity index is 656. The van der Waals surface area contributed by atoms with Crippen LogP contribution in [-0.4, -0.2) is 23.1 Å². The van der Waals surface area contributed by atoms with Gasteiger partial charge in [0, 0.05) is 11.8 Å². The van der Waals surface area contributed by atoms with E-state index in [1.54, 1.807) is 30.3 Å². The zero-order valence-electron chi connectivity index (χ0n) is 11.5. The number of pyridine rings is 1. The van der Waals surface area contributed by atoms with Crippen molar-refractivity contribution in [1.29, 1.82) is 0 Å². The second-order valence-corrected chi connectivity index (χ2v) is 4.16. The van der Waals surface area contributed by atoms with Gasteiger partial charge < -0.3 is 9.84 Å². The molecule has 3 N–H and O–H groups in total. The van der Waals surface area contributed by atoms with E-state index < -0.39 is 0 Å². The number of hydrogen-bond donors (Lipinski definition) is 3. The molecule has 1 aromatic heterocycles. The number of carbonyl (C=O) groups excluding carboxylic acids is 1. The average Bonchev–Trinajstić information content (AvgIpc) is 2.53. The number of ether oxygens (including phenoxy) is 1. The molecule has 1 aromatic carbocycles. The topological polar surface area (TPSA) is 83.5 Å². The SMILES string of the molecule is C=C(NNC(=O)c1ccccn1)c1ccc(O)c(OC)c1. The van der Waals surface area contributed by atoms with E-state index in [1.165, 1.54) is 19.4 Å². The first-order valence-corrected chi connectivity index (χ1v) is 6.15. The van der Waals surface area contributed by atoms with Crippen molar-refractivity contribution in [3.05, 3.63) is 60.4 Å². The number of nitrogens with one attached hydrogen (secondary N) is 2. The van der Waals surface area contributed by atoms with Crippen molar-refractivity contribution in [2.75, 3.05) is 7.11 Å². The lowest BCUT2D eigenvalue weighted by Gasteiger charge is -2.12. The number of phenolic OH excluding ortho intramolecular Hbond substituents is 1. The van der Waals surface area contributed by atoms with Gasteiger partial charge in [0.2, 0.25) is 0 Å². The van der Waals surface area contributed by atoms with Crippen LogP contribution in [-0.2, 0) is 0 Å². The number of aromatic hydroxyl groups is 1. The van der Waals surface area contributed by atoms with E-state index in [0.717, 1.165) is 0 Å². The van der Waals surface area contributed by atoms with Gasteiger partial charge >= 0.3 is 0 Å². The third-order valence-electron chi connectivity index (χ3n) is 2.75. The van der Waals surface area contributed by atoms with Gasteiger partial charge in [-0.25, -0.2) is 0 Å². The van der Waals surface area contributed by atoms with Crippen LogP contribution in [0.5, 0.6) is 11.5 Å². The van der Waals surface area contributed by atoms with Crippen LogP contribution in [0.1, 0.15) is 16.1 Å². The predicted molar refractivity (Wildman–Crippen MR) is 78.5 cm³/mol. The molecular formula is C15H15N3O3. The molecule has 2 aromatic rings. The molecule has 1 heterocycles. The minimum absolute atomic E-state index is 0.0339. The summed E-state index contributed by atoms with van der Waals surface area (Å²) in [5.74, 6) is -0.0134. The van der Waals surface area contributed by atoms with Crippen LogP contribution in [0.2, 0.25) is 0 Å². The maximum atomic E-state index is 11.8. The van der Waals surface area contributed by atoms with Crippen molar-refractivity contribution in [2.24, 2.45) is 0 Å². The van der Waals surface area contributed by atoms with Gasteiger partial charge in [0.15, 0.2) is 11.5 Å². The lowest BCUT2D eigenvalue weighted by atomic mass is 10.1. The van der Waals surface area contributed by atoms with Crippen LogP contribution >= 0.6 is 0 Å². The highest BCUT2D eigenvalue weighted by atomic mass is 16.5. The van der Waals surface area contributed by atoms with Crippen molar-refractivity contribution in [2.45, 2.75) is 0 Å². The molecule has 0 aliphatic heterocycles. The maximum Gasteiger partial charge on any atom is 0.288 e. The van der Waals surface area contributed by atoms with Gasteiger partial charge in [0.05, 0.1) is 12.8 Å². The van der Waals surface area contributed by atoms with E-state index in [0.29, 0.717) is 22.7 Å². The number of hydrogen-bond acceptors (Lipinski definition) is 5. The average molecular weight is 285 g/mol. The van der Waals surface area contributed by atoms with Gasteiger partial charge in [0.25, 0.3) is 5.91 Å². The molecule has 6 heteroatoms. The predicted octanol–water partition coefficient (Wildman–Crippen LogP) is 1.70. The van der Waals surface area contributed by atoms with E-state index in [1.807, 2.05) is 0 Å². The van der Waals surface area contributed by atoms with Gasteiger partial charge in [-0.2, -0.15) is 0 Å². The Morgan fingerprint density at radius 3 is 2.76 bits per heavy atom. The molecule has 1 amide bonds. The molecule has 108 valence electrons. The summed E-state index contributed by atoms with van der Waals surface area (Å²) in [5, 5.41) is 9.53. The van der Waals surface area contributed by atoms with Crippen molar-refractivity contribution >= 4 is 11.6 Å². The van der Waals surface area contributed by atoms with Gasteiger partial charge in [-0.1, -0.05) is 12.6 Å². The fourth-order valence-electron chi connectivity index (χ4n) is 1.63. The highest BCUT2D eigenvalue weighted by Crippen LogP contribution is 2.27. The summed E-state index contributed by atoms with van der Waals surface area (Å²) in [7, 11) is 1.46. The summed E-state index contributed by atoms with van der Waals surface area (Å²) in [6, 6.07) is 9.80. The Labute approximate surface area is 122 Å². The number of rotatable bonds is 5. The van der Waals surface area contributed by atoms with Crippen LogP contribution in [0, 0.1) is 0 Å². The van der Waals surface area contributed by atoms with Gasteiger partial charge in [-0.05, 0) is 30.3 Å². The first kappa shape index (κ1) is 14.4. The summed E-state index contributed by atoms with van der Waals surface area (Å²) in [6.45, 7) is 3.81. The molecule has 2 rings (SSSR count). The van der Waals surface area contributed by atoms with Crippen LogP contribution in [0.15, 0.2) is 49.2 Å². The summed E-state index contributed by atoms with van der Waals surface area (Å²) < 4.78 is 5.01. The minimum atomic E-state index is -0.373. The number of benzene rings is 1. The summed E-state index contributed by atoms with van der Waals surface area (Å²) in [4.78, 5) is 15.7. The van der Waals surface area contributed by atoms with Gasteiger partial charge in [0.1, 0.15) is 5.69 Å². The molecule has 21 heavy (non-hydrogen) atoms. The summed E-state index contributed by atoms with van der Waals surface area (Å²) in [6.07, 6.45) is 1.54. The fraction of sp³-hybridized carbons (Fsp3) is 0.0667. The molecule has 0 saturated heterocycles. The zero-order valence-corrected chi connectivity index (χ0v) is 11.5. The molecule has 0 bridgehead atoms. The fourth-order valence-corrected chi connectivity index (χ4v) is 1.63. The smallest absolute Gasteiger partial charge is 0.288 e. The lowest BCUT2D eigenvalue weighted by molar-refractivity contribution is 0.0937. The van der Waals surface area contributed by atoms with Crippen LogP contribution in [0.4, 0.5) is 0 Å². The molecular weight excluding hydrogens is 270 g/mol. The summed E-state index contributed by atoms with van der Waals surface area (Å²) >= 11 is 0. The number of phenols is 1. The molecule has 0 radical (unpaired) electrons. The Hall–Kier alpha value is -3.02. The van der Waals surface area contributed by atoms with Crippen LogP contribution < -0.4 is 15.6 Å². The Morgan fingerprint density at radius 2 is 2.10 bits per heavy atom. The number of amides is 1. The first-order chi connectivity index (χ1) is 10.1. The molecule has 6 nitrogen and oxygen atoms in total. The monoisotopic (exact) mass is 285 g/mol. The van der Waals surface area contributed by atoms with Crippen molar-refractivity contribution < 1.29 is 14.6 Å². The summed E-state index contributed by atoms with van der Waals surface area (Å²) in [5.41, 5.74) is 6.61. The molecule has 0 fully saturated rings.